The van der Waals surface area contributed by atoms with E-state index in [0.717, 1.165) is 6.20 Å². The Balaban J connectivity index is 2.55. The summed E-state index contributed by atoms with van der Waals surface area (Å²) >= 11 is 0. The molecule has 0 amide bonds. The minimum atomic E-state index is -4.85. The largest absolute Gasteiger partial charge is 0.543 e. The van der Waals surface area contributed by atoms with E-state index in [1.54, 1.807) is 12.1 Å². The molecule has 0 aliphatic heterocycles. The second kappa shape index (κ2) is 4.85. The molecule has 8 nitrogen and oxygen atoms in total. The van der Waals surface area contributed by atoms with Crippen LogP contribution in [0, 0.1) is 0 Å². The molecule has 100 valence electrons. The van der Waals surface area contributed by atoms with E-state index in [-0.39, 0.29) is 5.69 Å². The molecule has 0 unspecified atom stereocenters. The predicted octanol–water partition coefficient (Wildman–Crippen LogP) is 0.0138. The van der Waals surface area contributed by atoms with E-state index in [4.69, 9.17) is 15.5 Å². The van der Waals surface area contributed by atoms with Crippen molar-refractivity contribution in [2.75, 3.05) is 5.73 Å². The molecule has 0 bridgehead atoms. The lowest BCUT2D eigenvalue weighted by molar-refractivity contribution is 0.171. The monoisotopic (exact) mass is 283 g/mol. The molecule has 0 fully saturated rings. The first-order valence-electron chi connectivity index (χ1n) is 5.05. The van der Waals surface area contributed by atoms with Gasteiger partial charge in [-0.3, -0.25) is 19.6 Å². The van der Waals surface area contributed by atoms with Crippen molar-refractivity contribution in [2.24, 2.45) is 0 Å². The van der Waals surface area contributed by atoms with Crippen molar-refractivity contribution < 1.29 is 19.0 Å². The number of nitrogens with zero attached hydrogens (tertiary/aromatic N) is 2. The molecule has 0 aliphatic rings. The van der Waals surface area contributed by atoms with E-state index in [2.05, 4.69) is 9.61 Å². The lowest BCUT2D eigenvalue weighted by atomic mass is 10.1. The van der Waals surface area contributed by atoms with E-state index >= 15 is 0 Å². The lowest BCUT2D eigenvalue weighted by Crippen LogP contribution is -2.27. The molecule has 0 radical (unpaired) electrons. The number of phosphoric acid groups is 1. The number of anilines is 1. The Morgan fingerprint density at radius 3 is 2.47 bits per heavy atom. The third-order valence-corrected chi connectivity index (χ3v) is 2.61. The fourth-order valence-electron chi connectivity index (χ4n) is 1.46. The maximum Gasteiger partial charge on any atom is 0.543 e. The van der Waals surface area contributed by atoms with Gasteiger partial charge in [-0.05, 0) is 23.8 Å². The first-order valence-corrected chi connectivity index (χ1v) is 6.58. The number of hydrogen-bond donors (Lipinski definition) is 3. The number of rotatable bonds is 3. The maximum atomic E-state index is 11.6. The van der Waals surface area contributed by atoms with Crippen molar-refractivity contribution in [1.29, 1.82) is 0 Å². The van der Waals surface area contributed by atoms with Gasteiger partial charge in [0.05, 0.1) is 6.20 Å². The molecule has 2 aromatic heterocycles. The summed E-state index contributed by atoms with van der Waals surface area (Å²) in [4.78, 5) is 32.9. The van der Waals surface area contributed by atoms with Gasteiger partial charge in [0.1, 0.15) is 5.69 Å². The van der Waals surface area contributed by atoms with Gasteiger partial charge in [-0.25, -0.2) is 4.57 Å². The zero-order valence-corrected chi connectivity index (χ0v) is 10.4. The van der Waals surface area contributed by atoms with Crippen LogP contribution >= 0.6 is 7.82 Å². The maximum absolute atomic E-state index is 11.6. The Kier molecular flexibility index (Phi) is 3.39. The van der Waals surface area contributed by atoms with Gasteiger partial charge in [-0.15, -0.1) is 4.73 Å². The molecule has 2 heterocycles. The van der Waals surface area contributed by atoms with Crippen molar-refractivity contribution in [3.8, 4) is 11.1 Å². The van der Waals surface area contributed by atoms with E-state index in [0.29, 0.717) is 15.9 Å². The molecular weight excluding hydrogens is 273 g/mol. The minimum absolute atomic E-state index is 0.192. The zero-order valence-electron chi connectivity index (χ0n) is 9.50. The van der Waals surface area contributed by atoms with Crippen LogP contribution in [0.4, 0.5) is 5.69 Å². The summed E-state index contributed by atoms with van der Waals surface area (Å²) in [6.07, 6.45) is 4.21. The van der Waals surface area contributed by atoms with Crippen LogP contribution in [0.2, 0.25) is 0 Å². The SMILES string of the molecule is Nc1cc(-c2ccncc2)cn(OP(=O)(O)O)c1=O. The van der Waals surface area contributed by atoms with Crippen LogP contribution in [0.3, 0.4) is 0 Å². The second-order valence-corrected chi connectivity index (χ2v) is 4.77. The normalized spacial score (nSPS) is 11.3. The molecular formula is C10H10N3O5P. The van der Waals surface area contributed by atoms with E-state index in [1.807, 2.05) is 0 Å². The minimum Gasteiger partial charge on any atom is -0.394 e. The summed E-state index contributed by atoms with van der Waals surface area (Å²) in [6, 6.07) is 4.69. The highest BCUT2D eigenvalue weighted by molar-refractivity contribution is 7.46. The van der Waals surface area contributed by atoms with Crippen LogP contribution in [0.15, 0.2) is 41.6 Å². The van der Waals surface area contributed by atoms with Crippen molar-refractivity contribution in [2.45, 2.75) is 0 Å². The van der Waals surface area contributed by atoms with Gasteiger partial charge in [0.2, 0.25) is 0 Å². The standard InChI is InChI=1S/C10H10N3O5P/c11-9-5-8(7-1-3-12-4-2-7)6-13(10(9)14)18-19(15,16)17/h1-6H,11H2,(H2,15,16,17). The Morgan fingerprint density at radius 1 is 1.26 bits per heavy atom. The van der Waals surface area contributed by atoms with Crippen LogP contribution in [-0.4, -0.2) is 19.5 Å². The number of pyridine rings is 2. The predicted molar refractivity (Wildman–Crippen MR) is 67.0 cm³/mol. The topological polar surface area (TPSA) is 128 Å². The van der Waals surface area contributed by atoms with Gasteiger partial charge in [-0.1, -0.05) is 0 Å². The molecule has 2 rings (SSSR count). The fraction of sp³-hybridized carbons (Fsp3) is 0. The van der Waals surface area contributed by atoms with Crippen LogP contribution in [-0.2, 0) is 4.57 Å². The van der Waals surface area contributed by atoms with Crippen molar-refractivity contribution in [3.05, 3.63) is 47.1 Å². The Labute approximate surface area is 107 Å². The van der Waals surface area contributed by atoms with Crippen LogP contribution in [0.1, 0.15) is 0 Å². The van der Waals surface area contributed by atoms with E-state index < -0.39 is 13.4 Å². The highest BCUT2D eigenvalue weighted by Crippen LogP contribution is 2.31. The summed E-state index contributed by atoms with van der Waals surface area (Å²) in [7, 11) is -4.85. The number of nitrogen functional groups attached to an aromatic ring is 1. The van der Waals surface area contributed by atoms with Gasteiger partial charge < -0.3 is 10.4 Å². The summed E-state index contributed by atoms with van der Waals surface area (Å²) in [5.74, 6) is 0. The zero-order chi connectivity index (χ0) is 14.0. The molecule has 0 aliphatic carbocycles. The van der Waals surface area contributed by atoms with Gasteiger partial charge in [0, 0.05) is 18.0 Å². The van der Waals surface area contributed by atoms with Crippen LogP contribution < -0.4 is 15.9 Å². The summed E-state index contributed by atoms with van der Waals surface area (Å²) in [5, 5.41) is 0. The third-order valence-electron chi connectivity index (χ3n) is 2.22. The Hall–Kier alpha value is -2.15. The Morgan fingerprint density at radius 2 is 1.89 bits per heavy atom. The number of aromatic nitrogens is 2. The summed E-state index contributed by atoms with van der Waals surface area (Å²) in [6.45, 7) is 0. The lowest BCUT2D eigenvalue weighted by Gasteiger charge is -2.11. The summed E-state index contributed by atoms with van der Waals surface area (Å²) < 4.78 is 15.4. The quantitative estimate of drug-likeness (QED) is 0.677. The average molecular weight is 283 g/mol. The highest BCUT2D eigenvalue weighted by Gasteiger charge is 2.18. The van der Waals surface area contributed by atoms with Gasteiger partial charge in [0.25, 0.3) is 0 Å². The molecule has 0 saturated carbocycles. The third kappa shape index (κ3) is 3.19. The van der Waals surface area contributed by atoms with Crippen LogP contribution in [0.5, 0.6) is 0 Å². The van der Waals surface area contributed by atoms with Gasteiger partial charge in [0.15, 0.2) is 0 Å². The molecule has 0 atom stereocenters. The van der Waals surface area contributed by atoms with Gasteiger partial charge in [-0.2, -0.15) is 0 Å². The van der Waals surface area contributed by atoms with Crippen molar-refractivity contribution in [3.63, 3.8) is 0 Å². The van der Waals surface area contributed by atoms with Crippen LogP contribution in [0.25, 0.3) is 11.1 Å². The van der Waals surface area contributed by atoms with E-state index in [9.17, 15) is 9.36 Å². The average Bonchev–Trinajstić information content (AvgIpc) is 2.34. The first kappa shape index (κ1) is 13.3. The fourth-order valence-corrected chi connectivity index (χ4v) is 1.81. The first-order chi connectivity index (χ1) is 8.87. The van der Waals surface area contributed by atoms with Crippen molar-refractivity contribution in [1.82, 2.24) is 9.71 Å². The number of nitrogens with two attached hydrogens (primary N) is 1. The molecule has 4 N–H and O–H groups in total. The highest BCUT2D eigenvalue weighted by atomic mass is 31.2. The molecule has 0 aromatic carbocycles. The molecule has 0 spiro atoms. The molecule has 19 heavy (non-hydrogen) atoms. The molecule has 2 aromatic rings. The smallest absolute Gasteiger partial charge is 0.394 e. The van der Waals surface area contributed by atoms with Gasteiger partial charge >= 0.3 is 13.4 Å². The summed E-state index contributed by atoms with van der Waals surface area (Å²) in [5.41, 5.74) is 5.59. The Bertz CT molecular complexity index is 694. The second-order valence-electron chi connectivity index (χ2n) is 3.62. The molecule has 0 saturated heterocycles. The van der Waals surface area contributed by atoms with Crippen molar-refractivity contribution >= 4 is 13.5 Å². The van der Waals surface area contributed by atoms with E-state index in [1.165, 1.54) is 18.5 Å². The molecule has 9 heteroatoms. The number of hydrogen-bond acceptors (Lipinski definition) is 5.